The first kappa shape index (κ1) is 15.1. The van der Waals surface area contributed by atoms with Gasteiger partial charge in [0.25, 0.3) is 5.91 Å². The van der Waals surface area contributed by atoms with Gasteiger partial charge in [0.2, 0.25) is 0 Å². The first-order chi connectivity index (χ1) is 10.2. The molecule has 112 valence electrons. The van der Waals surface area contributed by atoms with Crippen LogP contribution in [-0.4, -0.2) is 25.6 Å². The monoisotopic (exact) mass is 290 g/mol. The molecular weight excluding hydrogens is 272 g/mol. The van der Waals surface area contributed by atoms with Gasteiger partial charge in [0, 0.05) is 24.5 Å². The highest BCUT2D eigenvalue weighted by atomic mass is 16.5. The Hall–Kier alpha value is -2.34. The summed E-state index contributed by atoms with van der Waals surface area (Å²) in [5.41, 5.74) is 5.00. The van der Waals surface area contributed by atoms with Gasteiger partial charge in [-0.25, -0.2) is 4.79 Å². The molecule has 0 bridgehead atoms. The predicted molar refractivity (Wildman–Crippen MR) is 79.7 cm³/mol. The van der Waals surface area contributed by atoms with Crippen molar-refractivity contribution in [1.29, 1.82) is 0 Å². The summed E-state index contributed by atoms with van der Waals surface area (Å²) in [5.74, 6) is 0.148. The second kappa shape index (κ2) is 6.90. The zero-order valence-electron chi connectivity index (χ0n) is 11.8. The molecule has 1 aromatic carbocycles. The maximum atomic E-state index is 11.9. The molecule has 0 unspecified atom stereocenters. The van der Waals surface area contributed by atoms with E-state index in [9.17, 15) is 9.59 Å². The zero-order valence-corrected chi connectivity index (χ0v) is 11.8. The normalized spacial score (nSPS) is 10.6. The zero-order chi connectivity index (χ0) is 15.2. The summed E-state index contributed by atoms with van der Waals surface area (Å²) in [5, 5.41) is 3.21. The lowest BCUT2D eigenvalue weighted by atomic mass is 10.1. The fraction of sp³-hybridized carbons (Fsp3) is 0.333. The Balaban J connectivity index is 2.33. The van der Waals surface area contributed by atoms with Crippen molar-refractivity contribution in [2.45, 2.75) is 13.3 Å². The van der Waals surface area contributed by atoms with Gasteiger partial charge in [-0.3, -0.25) is 4.79 Å². The minimum absolute atomic E-state index is 0.0295. The van der Waals surface area contributed by atoms with Gasteiger partial charge < -0.3 is 20.2 Å². The number of carbonyl (C=O) groups is 1. The fourth-order valence-corrected chi connectivity index (χ4v) is 1.84. The number of ether oxygens (including phenoxy) is 1. The Kier molecular flexibility index (Phi) is 4.94. The summed E-state index contributed by atoms with van der Waals surface area (Å²) in [6.07, 6.45) is 0.891. The Bertz CT molecular complexity index is 694. The van der Waals surface area contributed by atoms with Crippen molar-refractivity contribution in [2.24, 2.45) is 5.73 Å². The van der Waals surface area contributed by atoms with Crippen molar-refractivity contribution >= 4 is 16.9 Å². The molecule has 1 aromatic heterocycles. The van der Waals surface area contributed by atoms with E-state index in [1.54, 1.807) is 18.2 Å². The van der Waals surface area contributed by atoms with Crippen LogP contribution < -0.4 is 21.4 Å². The average Bonchev–Trinajstić information content (AvgIpc) is 2.49. The number of nitrogens with one attached hydrogen (secondary N) is 1. The van der Waals surface area contributed by atoms with E-state index in [1.807, 2.05) is 6.92 Å². The topological polar surface area (TPSA) is 94.6 Å². The van der Waals surface area contributed by atoms with Crippen LogP contribution in [0.15, 0.2) is 33.5 Å². The Morgan fingerprint density at radius 3 is 2.90 bits per heavy atom. The van der Waals surface area contributed by atoms with Crippen LogP contribution >= 0.6 is 0 Å². The number of carbonyl (C=O) groups excluding carboxylic acids is 1. The van der Waals surface area contributed by atoms with Crippen molar-refractivity contribution in [2.75, 3.05) is 19.7 Å². The van der Waals surface area contributed by atoms with E-state index in [1.165, 1.54) is 6.07 Å². The van der Waals surface area contributed by atoms with Crippen molar-refractivity contribution in [3.8, 4) is 5.75 Å². The van der Waals surface area contributed by atoms with Gasteiger partial charge in [-0.1, -0.05) is 6.92 Å². The van der Waals surface area contributed by atoms with E-state index in [-0.39, 0.29) is 5.56 Å². The molecule has 0 saturated carbocycles. The van der Waals surface area contributed by atoms with Gasteiger partial charge in [0.05, 0.1) is 6.61 Å². The number of nitrogens with two attached hydrogens (primary N) is 1. The molecular formula is C15H18N2O4. The lowest BCUT2D eigenvalue weighted by Crippen LogP contribution is -2.32. The molecule has 0 aliphatic heterocycles. The van der Waals surface area contributed by atoms with Crippen LogP contribution in [0.25, 0.3) is 11.0 Å². The molecule has 0 aliphatic carbocycles. The largest absolute Gasteiger partial charge is 0.493 e. The smallest absolute Gasteiger partial charge is 0.349 e. The van der Waals surface area contributed by atoms with E-state index in [0.717, 1.165) is 6.42 Å². The summed E-state index contributed by atoms with van der Waals surface area (Å²) in [6, 6.07) is 6.69. The first-order valence-electron chi connectivity index (χ1n) is 6.84. The van der Waals surface area contributed by atoms with E-state index < -0.39 is 11.5 Å². The molecule has 0 radical (unpaired) electrons. The molecule has 6 nitrogen and oxygen atoms in total. The van der Waals surface area contributed by atoms with Crippen molar-refractivity contribution in [1.82, 2.24) is 5.32 Å². The third-order valence-electron chi connectivity index (χ3n) is 2.85. The van der Waals surface area contributed by atoms with E-state index in [4.69, 9.17) is 14.9 Å². The molecule has 3 N–H and O–H groups in total. The second-order valence-corrected chi connectivity index (χ2v) is 4.54. The third-order valence-corrected chi connectivity index (χ3v) is 2.85. The highest BCUT2D eigenvalue weighted by Gasteiger charge is 2.13. The van der Waals surface area contributed by atoms with Crippen LogP contribution in [0.3, 0.4) is 0 Å². The summed E-state index contributed by atoms with van der Waals surface area (Å²) < 4.78 is 10.7. The van der Waals surface area contributed by atoms with Gasteiger partial charge in [-0.2, -0.15) is 0 Å². The Morgan fingerprint density at radius 1 is 1.38 bits per heavy atom. The third kappa shape index (κ3) is 3.61. The number of amides is 1. The molecule has 0 spiro atoms. The quantitative estimate of drug-likeness (QED) is 0.781. The molecule has 0 atom stereocenters. The minimum atomic E-state index is -0.676. The SMILES string of the molecule is CCCOc1ccc2cc(C(=O)NCCN)c(=O)oc2c1. The maximum absolute atomic E-state index is 11.9. The van der Waals surface area contributed by atoms with Crippen molar-refractivity contribution in [3.05, 3.63) is 40.2 Å². The molecule has 1 heterocycles. The fourth-order valence-electron chi connectivity index (χ4n) is 1.84. The molecule has 2 rings (SSSR count). The van der Waals surface area contributed by atoms with E-state index >= 15 is 0 Å². The number of hydrogen-bond donors (Lipinski definition) is 2. The first-order valence-corrected chi connectivity index (χ1v) is 6.84. The van der Waals surface area contributed by atoms with Crippen LogP contribution in [0.4, 0.5) is 0 Å². The Morgan fingerprint density at radius 2 is 2.19 bits per heavy atom. The number of fused-ring (bicyclic) bond motifs is 1. The predicted octanol–water partition coefficient (Wildman–Crippen LogP) is 1.27. The van der Waals surface area contributed by atoms with Crippen LogP contribution in [0.2, 0.25) is 0 Å². The maximum Gasteiger partial charge on any atom is 0.349 e. The van der Waals surface area contributed by atoms with Crippen LogP contribution in [-0.2, 0) is 0 Å². The van der Waals surface area contributed by atoms with Crippen LogP contribution in [0.1, 0.15) is 23.7 Å². The minimum Gasteiger partial charge on any atom is -0.493 e. The summed E-state index contributed by atoms with van der Waals surface area (Å²) >= 11 is 0. The molecule has 0 fully saturated rings. The van der Waals surface area contributed by atoms with Gasteiger partial charge >= 0.3 is 5.63 Å². The number of hydrogen-bond acceptors (Lipinski definition) is 5. The molecule has 0 saturated heterocycles. The van der Waals surface area contributed by atoms with E-state index in [0.29, 0.717) is 36.4 Å². The summed E-state index contributed by atoms with van der Waals surface area (Å²) in [7, 11) is 0. The Labute approximate surface area is 121 Å². The van der Waals surface area contributed by atoms with Crippen LogP contribution in [0, 0.1) is 0 Å². The average molecular weight is 290 g/mol. The van der Waals surface area contributed by atoms with Gasteiger partial charge in [-0.15, -0.1) is 0 Å². The second-order valence-electron chi connectivity index (χ2n) is 4.54. The van der Waals surface area contributed by atoms with Crippen LogP contribution in [0.5, 0.6) is 5.75 Å². The molecule has 6 heteroatoms. The van der Waals surface area contributed by atoms with E-state index in [2.05, 4.69) is 5.32 Å². The lowest BCUT2D eigenvalue weighted by Gasteiger charge is -2.06. The van der Waals surface area contributed by atoms with Gasteiger partial charge in [0.1, 0.15) is 16.9 Å². The summed E-state index contributed by atoms with van der Waals surface area (Å²) in [4.78, 5) is 23.7. The van der Waals surface area contributed by atoms with Gasteiger partial charge in [0.15, 0.2) is 0 Å². The van der Waals surface area contributed by atoms with Crippen molar-refractivity contribution in [3.63, 3.8) is 0 Å². The van der Waals surface area contributed by atoms with Crippen molar-refractivity contribution < 1.29 is 13.9 Å². The molecule has 21 heavy (non-hydrogen) atoms. The molecule has 1 amide bonds. The number of rotatable bonds is 6. The number of benzene rings is 1. The standard InChI is InChI=1S/C15H18N2O4/c1-2-7-20-11-4-3-10-8-12(14(18)17-6-5-16)15(19)21-13(10)9-11/h3-4,8-9H,2,5-7,16H2,1H3,(H,17,18). The van der Waals surface area contributed by atoms with Gasteiger partial charge in [-0.05, 0) is 24.6 Å². The molecule has 0 aliphatic rings. The molecule has 2 aromatic rings. The summed E-state index contributed by atoms with van der Waals surface area (Å²) in [6.45, 7) is 3.21. The lowest BCUT2D eigenvalue weighted by molar-refractivity contribution is 0.0951. The highest BCUT2D eigenvalue weighted by Crippen LogP contribution is 2.20. The highest BCUT2D eigenvalue weighted by molar-refractivity contribution is 5.96.